The summed E-state index contributed by atoms with van der Waals surface area (Å²) < 4.78 is 10.9. The van der Waals surface area contributed by atoms with E-state index in [2.05, 4.69) is 10.3 Å². The molecule has 2 N–H and O–H groups in total. The first-order valence-electron chi connectivity index (χ1n) is 8.15. The van der Waals surface area contributed by atoms with Crippen LogP contribution in [0, 0.1) is 0 Å². The lowest BCUT2D eigenvalue weighted by atomic mass is 9.92. The molecule has 0 spiro atoms. The first-order chi connectivity index (χ1) is 10.6. The number of hydrogen-bond donors (Lipinski definition) is 2. The fraction of sp³-hybridized carbons (Fsp3) is 0.750. The minimum absolute atomic E-state index is 0.187. The maximum atomic E-state index is 12.3. The van der Waals surface area contributed by atoms with Gasteiger partial charge in [-0.25, -0.2) is 4.98 Å². The number of aliphatic hydroxyl groups is 1. The highest BCUT2D eigenvalue weighted by Crippen LogP contribution is 2.30. The monoisotopic (exact) mass is 310 g/mol. The molecule has 1 fully saturated rings. The van der Waals surface area contributed by atoms with E-state index in [1.54, 1.807) is 0 Å². The summed E-state index contributed by atoms with van der Waals surface area (Å²) in [6, 6.07) is 0. The molecule has 0 saturated carbocycles. The number of carbonyl (C=O) groups is 1. The molecular formula is C16H26N2O4. The van der Waals surface area contributed by atoms with Crippen LogP contribution in [0.1, 0.15) is 74.7 Å². The van der Waals surface area contributed by atoms with Crippen LogP contribution in [0.15, 0.2) is 10.8 Å². The second-order valence-corrected chi connectivity index (χ2v) is 5.97. The van der Waals surface area contributed by atoms with Gasteiger partial charge in [-0.3, -0.25) is 4.79 Å². The lowest BCUT2D eigenvalue weighted by Crippen LogP contribution is -2.43. The number of rotatable bonds is 8. The van der Waals surface area contributed by atoms with E-state index < -0.39 is 5.60 Å². The van der Waals surface area contributed by atoms with Crippen molar-refractivity contribution in [3.05, 3.63) is 17.8 Å². The number of oxazole rings is 1. The fourth-order valence-corrected chi connectivity index (χ4v) is 3.00. The Balaban J connectivity index is 1.98. The van der Waals surface area contributed by atoms with E-state index in [4.69, 9.17) is 9.15 Å². The van der Waals surface area contributed by atoms with Crippen LogP contribution in [0.4, 0.5) is 0 Å². The van der Waals surface area contributed by atoms with Gasteiger partial charge in [-0.05, 0) is 25.7 Å². The van der Waals surface area contributed by atoms with Crippen LogP contribution in [0.5, 0.6) is 0 Å². The van der Waals surface area contributed by atoms with Crippen LogP contribution < -0.4 is 5.32 Å². The van der Waals surface area contributed by atoms with Crippen LogP contribution in [-0.4, -0.2) is 34.8 Å². The van der Waals surface area contributed by atoms with Gasteiger partial charge in [-0.15, -0.1) is 0 Å². The molecule has 124 valence electrons. The highest BCUT2D eigenvalue weighted by atomic mass is 16.5. The molecule has 1 saturated heterocycles. The van der Waals surface area contributed by atoms with Gasteiger partial charge in [-0.1, -0.05) is 26.7 Å². The van der Waals surface area contributed by atoms with E-state index in [9.17, 15) is 9.90 Å². The van der Waals surface area contributed by atoms with Gasteiger partial charge in [0.05, 0.1) is 5.60 Å². The summed E-state index contributed by atoms with van der Waals surface area (Å²) in [5, 5.41) is 13.3. The van der Waals surface area contributed by atoms with Gasteiger partial charge in [0, 0.05) is 13.2 Å². The normalized spacial score (nSPS) is 18.6. The minimum atomic E-state index is -0.854. The highest BCUT2D eigenvalue weighted by Gasteiger charge is 2.30. The zero-order valence-corrected chi connectivity index (χ0v) is 13.4. The standard InChI is InChI=1S/C16H26N2O4/c1-3-7-16(20,8-4-2)10-17-15(19)13-14(22-11-18-13)12-6-5-9-21-12/h11-12,20H,3-10H2,1-2H3,(H,17,19). The van der Waals surface area contributed by atoms with E-state index in [1.807, 2.05) is 13.8 Å². The Hall–Kier alpha value is -1.40. The zero-order chi connectivity index (χ0) is 16.0. The van der Waals surface area contributed by atoms with Crippen molar-refractivity contribution in [3.63, 3.8) is 0 Å². The van der Waals surface area contributed by atoms with Gasteiger partial charge in [0.1, 0.15) is 6.10 Å². The van der Waals surface area contributed by atoms with Gasteiger partial charge >= 0.3 is 0 Å². The fourth-order valence-electron chi connectivity index (χ4n) is 3.00. The predicted molar refractivity (Wildman–Crippen MR) is 81.5 cm³/mol. The van der Waals surface area contributed by atoms with E-state index in [-0.39, 0.29) is 24.2 Å². The van der Waals surface area contributed by atoms with Crippen molar-refractivity contribution in [2.24, 2.45) is 0 Å². The molecule has 0 aromatic carbocycles. The molecule has 0 aliphatic carbocycles. The molecule has 2 rings (SSSR count). The highest BCUT2D eigenvalue weighted by molar-refractivity contribution is 5.93. The summed E-state index contributed by atoms with van der Waals surface area (Å²) in [5.41, 5.74) is -0.588. The smallest absolute Gasteiger partial charge is 0.273 e. The molecule has 6 heteroatoms. The summed E-state index contributed by atoms with van der Waals surface area (Å²) in [6.07, 6.45) is 5.96. The number of amides is 1. The number of nitrogens with zero attached hydrogens (tertiary/aromatic N) is 1. The lowest BCUT2D eigenvalue weighted by Gasteiger charge is -2.27. The Morgan fingerprint density at radius 1 is 1.45 bits per heavy atom. The second-order valence-electron chi connectivity index (χ2n) is 5.97. The molecule has 1 aliphatic heterocycles. The summed E-state index contributed by atoms with van der Waals surface area (Å²) in [5.74, 6) is 0.175. The van der Waals surface area contributed by atoms with Crippen LogP contribution in [0.3, 0.4) is 0 Å². The first kappa shape index (κ1) is 17.0. The molecule has 1 aliphatic rings. The molecule has 1 amide bonds. The maximum absolute atomic E-state index is 12.3. The van der Waals surface area contributed by atoms with Crippen LogP contribution in [-0.2, 0) is 4.74 Å². The summed E-state index contributed by atoms with van der Waals surface area (Å²) in [7, 11) is 0. The Morgan fingerprint density at radius 2 is 2.18 bits per heavy atom. The maximum Gasteiger partial charge on any atom is 0.273 e. The number of ether oxygens (including phenoxy) is 1. The molecule has 22 heavy (non-hydrogen) atoms. The summed E-state index contributed by atoms with van der Waals surface area (Å²) in [4.78, 5) is 16.4. The second kappa shape index (κ2) is 7.74. The number of carbonyl (C=O) groups excluding carboxylic acids is 1. The molecule has 1 aromatic rings. The summed E-state index contributed by atoms with van der Waals surface area (Å²) >= 11 is 0. The van der Waals surface area contributed by atoms with E-state index in [1.165, 1.54) is 6.39 Å². The van der Waals surface area contributed by atoms with Gasteiger partial charge in [0.15, 0.2) is 17.8 Å². The van der Waals surface area contributed by atoms with Crippen molar-refractivity contribution < 1.29 is 19.1 Å². The Kier molecular flexibility index (Phi) is 5.97. The van der Waals surface area contributed by atoms with Crippen molar-refractivity contribution >= 4 is 5.91 Å². The molecule has 1 unspecified atom stereocenters. The Morgan fingerprint density at radius 3 is 2.77 bits per heavy atom. The minimum Gasteiger partial charge on any atom is -0.445 e. The van der Waals surface area contributed by atoms with Gasteiger partial charge in [0.25, 0.3) is 5.91 Å². The molecule has 2 heterocycles. The predicted octanol–water partition coefficient (Wildman–Crippen LogP) is 2.59. The van der Waals surface area contributed by atoms with E-state index in [0.717, 1.165) is 25.7 Å². The topological polar surface area (TPSA) is 84.6 Å². The van der Waals surface area contributed by atoms with Gasteiger partial charge < -0.3 is 19.6 Å². The van der Waals surface area contributed by atoms with Crippen molar-refractivity contribution in [2.45, 2.75) is 64.1 Å². The van der Waals surface area contributed by atoms with Crippen molar-refractivity contribution in [1.29, 1.82) is 0 Å². The van der Waals surface area contributed by atoms with Gasteiger partial charge in [0.2, 0.25) is 0 Å². The number of hydrogen-bond acceptors (Lipinski definition) is 5. The Labute approximate surface area is 131 Å². The molecule has 1 atom stereocenters. The summed E-state index contributed by atoms with van der Waals surface area (Å²) in [6.45, 7) is 4.95. The zero-order valence-electron chi connectivity index (χ0n) is 13.4. The van der Waals surface area contributed by atoms with Crippen molar-refractivity contribution in [1.82, 2.24) is 10.3 Å². The van der Waals surface area contributed by atoms with Gasteiger partial charge in [-0.2, -0.15) is 0 Å². The van der Waals surface area contributed by atoms with Crippen LogP contribution in [0.2, 0.25) is 0 Å². The SMILES string of the molecule is CCCC(O)(CCC)CNC(=O)c1ncoc1C1CCCO1. The third-order valence-electron chi connectivity index (χ3n) is 4.04. The number of aromatic nitrogens is 1. The Bertz CT molecular complexity index is 474. The van der Waals surface area contributed by atoms with E-state index >= 15 is 0 Å². The first-order valence-corrected chi connectivity index (χ1v) is 8.15. The van der Waals surface area contributed by atoms with Crippen LogP contribution >= 0.6 is 0 Å². The van der Waals surface area contributed by atoms with Crippen LogP contribution in [0.25, 0.3) is 0 Å². The van der Waals surface area contributed by atoms with Crippen molar-refractivity contribution in [3.8, 4) is 0 Å². The third kappa shape index (κ3) is 4.08. The average Bonchev–Trinajstić information content (AvgIpc) is 3.15. The lowest BCUT2D eigenvalue weighted by molar-refractivity contribution is 0.0211. The van der Waals surface area contributed by atoms with E-state index in [0.29, 0.717) is 25.2 Å². The quantitative estimate of drug-likeness (QED) is 0.771. The largest absolute Gasteiger partial charge is 0.445 e. The molecular weight excluding hydrogens is 284 g/mol. The third-order valence-corrected chi connectivity index (χ3v) is 4.04. The average molecular weight is 310 g/mol. The molecule has 1 aromatic heterocycles. The van der Waals surface area contributed by atoms with Crippen molar-refractivity contribution in [2.75, 3.05) is 13.2 Å². The molecule has 6 nitrogen and oxygen atoms in total. The number of nitrogens with one attached hydrogen (secondary N) is 1. The molecule has 0 radical (unpaired) electrons. The molecule has 0 bridgehead atoms.